The van der Waals surface area contributed by atoms with Gasteiger partial charge in [-0.1, -0.05) is 45.1 Å². The van der Waals surface area contributed by atoms with Crippen molar-refractivity contribution in [3.63, 3.8) is 0 Å². The molecule has 0 aromatic rings. The molecule has 0 aliphatic carbocycles. The third kappa shape index (κ3) is 7.02. The highest BCUT2D eigenvalue weighted by Crippen LogP contribution is 2.05. The van der Waals surface area contributed by atoms with Gasteiger partial charge >= 0.3 is 0 Å². The maximum absolute atomic E-state index is 5.40. The summed E-state index contributed by atoms with van der Waals surface area (Å²) in [5.74, 6) is 0. The number of hydrogen-bond acceptors (Lipinski definition) is 2. The molecule has 0 amide bonds. The molecule has 1 N–H and O–H groups in total. The average molecular weight is 225 g/mol. The molecule has 2 nitrogen and oxygen atoms in total. The normalized spacial score (nSPS) is 16.2. The molecule has 0 radical (unpaired) electrons. The first-order valence-electron chi connectivity index (χ1n) is 6.90. The van der Waals surface area contributed by atoms with Crippen LogP contribution in [-0.2, 0) is 4.74 Å². The van der Waals surface area contributed by atoms with Crippen LogP contribution in [0.1, 0.15) is 51.9 Å². The van der Waals surface area contributed by atoms with Crippen molar-refractivity contribution >= 4 is 0 Å². The zero-order valence-corrected chi connectivity index (χ0v) is 10.8. The number of unbranched alkanes of at least 4 members (excludes halogenated alkanes) is 5. The van der Waals surface area contributed by atoms with Crippen LogP contribution in [0.3, 0.4) is 0 Å². The summed E-state index contributed by atoms with van der Waals surface area (Å²) in [6.45, 7) is 6.18. The fourth-order valence-electron chi connectivity index (χ4n) is 2.01. The van der Waals surface area contributed by atoms with Crippen LogP contribution < -0.4 is 5.32 Å². The van der Waals surface area contributed by atoms with E-state index in [9.17, 15) is 0 Å². The molecule has 0 aromatic carbocycles. The lowest BCUT2D eigenvalue weighted by molar-refractivity contribution is 0.149. The van der Waals surface area contributed by atoms with Crippen molar-refractivity contribution in [2.45, 2.75) is 51.9 Å². The lowest BCUT2D eigenvalue weighted by atomic mass is 10.1. The van der Waals surface area contributed by atoms with E-state index >= 15 is 0 Å². The van der Waals surface area contributed by atoms with Gasteiger partial charge in [0.2, 0.25) is 0 Å². The van der Waals surface area contributed by atoms with Crippen molar-refractivity contribution in [3.05, 3.63) is 11.6 Å². The Bertz CT molecular complexity index is 189. The van der Waals surface area contributed by atoms with E-state index in [1.54, 1.807) is 0 Å². The number of nitrogens with one attached hydrogen (secondary N) is 1. The first kappa shape index (κ1) is 13.7. The van der Waals surface area contributed by atoms with Gasteiger partial charge in [-0.3, -0.25) is 0 Å². The van der Waals surface area contributed by atoms with Crippen LogP contribution in [0.5, 0.6) is 0 Å². The van der Waals surface area contributed by atoms with Crippen molar-refractivity contribution in [2.75, 3.05) is 26.3 Å². The van der Waals surface area contributed by atoms with Gasteiger partial charge in [0, 0.05) is 6.54 Å². The molecule has 2 heteroatoms. The van der Waals surface area contributed by atoms with Gasteiger partial charge in [-0.25, -0.2) is 0 Å². The molecule has 1 rings (SSSR count). The summed E-state index contributed by atoms with van der Waals surface area (Å²) in [6.07, 6.45) is 11.7. The van der Waals surface area contributed by atoms with Crippen LogP contribution in [0.4, 0.5) is 0 Å². The van der Waals surface area contributed by atoms with Crippen LogP contribution in [0, 0.1) is 0 Å². The SMILES string of the molecule is CCCCCCCCNCC1=CCCOC1. The Morgan fingerprint density at radius 3 is 2.75 bits per heavy atom. The van der Waals surface area contributed by atoms with Gasteiger partial charge in [-0.2, -0.15) is 0 Å². The second kappa shape index (κ2) is 9.86. The summed E-state index contributed by atoms with van der Waals surface area (Å²) in [5, 5.41) is 3.50. The Hall–Kier alpha value is -0.340. The zero-order valence-electron chi connectivity index (χ0n) is 10.8. The van der Waals surface area contributed by atoms with Crippen molar-refractivity contribution in [2.24, 2.45) is 0 Å². The Labute approximate surface area is 100 Å². The average Bonchev–Trinajstić information content (AvgIpc) is 2.34. The highest BCUT2D eigenvalue weighted by Gasteiger charge is 2.02. The molecular weight excluding hydrogens is 198 g/mol. The van der Waals surface area contributed by atoms with Crippen LogP contribution in [-0.4, -0.2) is 26.3 Å². The molecule has 94 valence electrons. The van der Waals surface area contributed by atoms with Gasteiger partial charge in [0.1, 0.15) is 0 Å². The summed E-state index contributed by atoms with van der Waals surface area (Å²) in [7, 11) is 0. The Morgan fingerprint density at radius 2 is 2.00 bits per heavy atom. The summed E-state index contributed by atoms with van der Waals surface area (Å²) in [6, 6.07) is 0. The van der Waals surface area contributed by atoms with E-state index in [0.717, 1.165) is 32.7 Å². The van der Waals surface area contributed by atoms with Gasteiger partial charge in [0.15, 0.2) is 0 Å². The van der Waals surface area contributed by atoms with E-state index in [0.29, 0.717) is 0 Å². The molecule has 0 fully saturated rings. The molecule has 0 aromatic heterocycles. The van der Waals surface area contributed by atoms with Crippen molar-refractivity contribution in [1.29, 1.82) is 0 Å². The Morgan fingerprint density at radius 1 is 1.19 bits per heavy atom. The molecule has 0 atom stereocenters. The highest BCUT2D eigenvalue weighted by molar-refractivity contribution is 5.06. The van der Waals surface area contributed by atoms with E-state index in [-0.39, 0.29) is 0 Å². The second-order valence-electron chi connectivity index (χ2n) is 4.65. The predicted octanol–water partition coefficient (Wildman–Crippen LogP) is 3.28. The van der Waals surface area contributed by atoms with Crippen molar-refractivity contribution in [3.8, 4) is 0 Å². The van der Waals surface area contributed by atoms with E-state index in [4.69, 9.17) is 4.74 Å². The summed E-state index contributed by atoms with van der Waals surface area (Å²) >= 11 is 0. The van der Waals surface area contributed by atoms with Gasteiger partial charge in [0.05, 0.1) is 13.2 Å². The third-order valence-electron chi connectivity index (χ3n) is 3.04. The zero-order chi connectivity index (χ0) is 11.5. The maximum atomic E-state index is 5.40. The Kier molecular flexibility index (Phi) is 8.45. The van der Waals surface area contributed by atoms with Gasteiger partial charge in [-0.15, -0.1) is 0 Å². The predicted molar refractivity (Wildman–Crippen MR) is 69.8 cm³/mol. The first-order valence-corrected chi connectivity index (χ1v) is 6.90. The minimum absolute atomic E-state index is 0.837. The number of ether oxygens (including phenoxy) is 1. The molecule has 0 bridgehead atoms. The molecule has 0 saturated carbocycles. The molecular formula is C14H27NO. The summed E-state index contributed by atoms with van der Waals surface area (Å²) in [4.78, 5) is 0. The lowest BCUT2D eigenvalue weighted by Crippen LogP contribution is -2.22. The number of rotatable bonds is 9. The van der Waals surface area contributed by atoms with Crippen LogP contribution in [0.15, 0.2) is 11.6 Å². The first-order chi connectivity index (χ1) is 7.93. The van der Waals surface area contributed by atoms with E-state index in [1.807, 2.05) is 0 Å². The molecule has 16 heavy (non-hydrogen) atoms. The minimum Gasteiger partial charge on any atom is -0.377 e. The van der Waals surface area contributed by atoms with E-state index in [2.05, 4.69) is 18.3 Å². The molecule has 1 heterocycles. The van der Waals surface area contributed by atoms with Gasteiger partial charge < -0.3 is 10.1 Å². The minimum atomic E-state index is 0.837. The molecule has 0 saturated heterocycles. The second-order valence-corrected chi connectivity index (χ2v) is 4.65. The molecule has 1 aliphatic heterocycles. The quantitative estimate of drug-likeness (QED) is 0.480. The third-order valence-corrected chi connectivity index (χ3v) is 3.04. The fourth-order valence-corrected chi connectivity index (χ4v) is 2.01. The maximum Gasteiger partial charge on any atom is 0.0689 e. The summed E-state index contributed by atoms with van der Waals surface area (Å²) < 4.78 is 5.40. The largest absolute Gasteiger partial charge is 0.377 e. The fraction of sp³-hybridized carbons (Fsp3) is 0.857. The smallest absolute Gasteiger partial charge is 0.0689 e. The molecule has 0 spiro atoms. The van der Waals surface area contributed by atoms with Crippen molar-refractivity contribution in [1.82, 2.24) is 5.32 Å². The van der Waals surface area contributed by atoms with Crippen molar-refractivity contribution < 1.29 is 4.74 Å². The Balaban J connectivity index is 1.82. The van der Waals surface area contributed by atoms with Crippen LogP contribution in [0.25, 0.3) is 0 Å². The van der Waals surface area contributed by atoms with Gasteiger partial charge in [0.25, 0.3) is 0 Å². The van der Waals surface area contributed by atoms with E-state index in [1.165, 1.54) is 44.1 Å². The van der Waals surface area contributed by atoms with Crippen LogP contribution in [0.2, 0.25) is 0 Å². The summed E-state index contributed by atoms with van der Waals surface area (Å²) in [5.41, 5.74) is 1.43. The standard InChI is InChI=1S/C14H27NO/c1-2-3-4-5-6-7-10-15-12-14-9-8-11-16-13-14/h9,15H,2-8,10-13H2,1H3. The monoisotopic (exact) mass is 225 g/mol. The van der Waals surface area contributed by atoms with Crippen LogP contribution >= 0.6 is 0 Å². The lowest BCUT2D eigenvalue weighted by Gasteiger charge is -2.14. The topological polar surface area (TPSA) is 21.3 Å². The van der Waals surface area contributed by atoms with Gasteiger partial charge in [-0.05, 0) is 25.0 Å². The number of hydrogen-bond donors (Lipinski definition) is 1. The molecule has 1 aliphatic rings. The van der Waals surface area contributed by atoms with E-state index < -0.39 is 0 Å². The molecule has 0 unspecified atom stereocenters. The highest BCUT2D eigenvalue weighted by atomic mass is 16.5.